The molecule has 0 aliphatic heterocycles. The predicted octanol–water partition coefficient (Wildman–Crippen LogP) is 2.17. The van der Waals surface area contributed by atoms with E-state index in [9.17, 15) is 0 Å². The van der Waals surface area contributed by atoms with Crippen LogP contribution >= 0.6 is 11.6 Å². The second-order valence-corrected chi connectivity index (χ2v) is 4.26. The first-order chi connectivity index (χ1) is 4.66. The van der Waals surface area contributed by atoms with Crippen LogP contribution in [0.25, 0.3) is 0 Å². The van der Waals surface area contributed by atoms with Crippen LogP contribution in [-0.4, -0.2) is 17.1 Å². The Kier molecular flexibility index (Phi) is 2.59. The topological polar surface area (TPSA) is 20.2 Å². The van der Waals surface area contributed by atoms with Crippen molar-refractivity contribution in [3.63, 3.8) is 0 Å². The van der Waals surface area contributed by atoms with Gasteiger partial charge in [0.05, 0.1) is 0 Å². The van der Waals surface area contributed by atoms with Gasteiger partial charge in [-0.3, -0.25) is 0 Å². The summed E-state index contributed by atoms with van der Waals surface area (Å²) >= 11 is 5.92. The SMILES string of the molecule is CC1(CO)CCC(Cl)CC1. The van der Waals surface area contributed by atoms with Gasteiger partial charge in [-0.1, -0.05) is 6.92 Å². The molecule has 1 aliphatic rings. The minimum absolute atomic E-state index is 0.172. The zero-order valence-electron chi connectivity index (χ0n) is 6.44. The van der Waals surface area contributed by atoms with Crippen molar-refractivity contribution in [2.75, 3.05) is 6.61 Å². The molecule has 0 saturated heterocycles. The van der Waals surface area contributed by atoms with E-state index in [-0.39, 0.29) is 5.41 Å². The Balaban J connectivity index is 2.38. The average molecular weight is 163 g/mol. The highest BCUT2D eigenvalue weighted by Crippen LogP contribution is 2.36. The summed E-state index contributed by atoms with van der Waals surface area (Å²) in [6.45, 7) is 2.45. The Morgan fingerprint density at radius 2 is 2.00 bits per heavy atom. The maximum Gasteiger partial charge on any atom is 0.0484 e. The van der Waals surface area contributed by atoms with Gasteiger partial charge in [0.2, 0.25) is 0 Å². The number of hydrogen-bond donors (Lipinski definition) is 1. The van der Waals surface area contributed by atoms with Gasteiger partial charge in [0.25, 0.3) is 0 Å². The molecule has 0 bridgehead atoms. The number of aliphatic hydroxyl groups excluding tert-OH is 1. The van der Waals surface area contributed by atoms with E-state index < -0.39 is 0 Å². The van der Waals surface area contributed by atoms with Crippen LogP contribution in [0, 0.1) is 5.41 Å². The van der Waals surface area contributed by atoms with Gasteiger partial charge < -0.3 is 5.11 Å². The molecular formula is C8H15ClO. The van der Waals surface area contributed by atoms with Crippen LogP contribution in [0.3, 0.4) is 0 Å². The van der Waals surface area contributed by atoms with Crippen LogP contribution in [0.5, 0.6) is 0 Å². The summed E-state index contributed by atoms with van der Waals surface area (Å²) in [5, 5.41) is 9.35. The highest BCUT2D eigenvalue weighted by Gasteiger charge is 2.29. The average Bonchev–Trinajstić information content (AvgIpc) is 1.96. The summed E-state index contributed by atoms with van der Waals surface area (Å²) in [5.74, 6) is 0. The van der Waals surface area contributed by atoms with E-state index in [0.29, 0.717) is 12.0 Å². The van der Waals surface area contributed by atoms with E-state index in [1.807, 2.05) is 0 Å². The Bertz CT molecular complexity index is 106. The molecule has 2 heteroatoms. The molecule has 60 valence electrons. The zero-order chi connectivity index (χ0) is 7.61. The molecule has 0 radical (unpaired) electrons. The smallest absolute Gasteiger partial charge is 0.0484 e. The lowest BCUT2D eigenvalue weighted by Crippen LogP contribution is -2.28. The molecule has 0 atom stereocenters. The first-order valence-corrected chi connectivity index (χ1v) is 4.35. The Labute approximate surface area is 67.4 Å². The van der Waals surface area contributed by atoms with E-state index in [2.05, 4.69) is 6.92 Å². The lowest BCUT2D eigenvalue weighted by molar-refractivity contribution is 0.102. The summed E-state index contributed by atoms with van der Waals surface area (Å²) in [7, 11) is 0. The van der Waals surface area contributed by atoms with E-state index in [1.54, 1.807) is 0 Å². The summed E-state index contributed by atoms with van der Waals surface area (Å²) in [5.41, 5.74) is 0.172. The van der Waals surface area contributed by atoms with Gasteiger partial charge in [-0.25, -0.2) is 0 Å². The van der Waals surface area contributed by atoms with Gasteiger partial charge in [0.1, 0.15) is 0 Å². The third-order valence-electron chi connectivity index (χ3n) is 2.50. The monoisotopic (exact) mass is 162 g/mol. The van der Waals surface area contributed by atoms with E-state index in [1.165, 1.54) is 0 Å². The van der Waals surface area contributed by atoms with Crippen molar-refractivity contribution in [3.05, 3.63) is 0 Å². The second kappa shape index (κ2) is 3.10. The molecule has 1 N–H and O–H groups in total. The number of alkyl halides is 1. The molecule has 0 amide bonds. The Hall–Kier alpha value is 0.250. The molecule has 1 aliphatic carbocycles. The van der Waals surface area contributed by atoms with Crippen molar-refractivity contribution in [2.45, 2.75) is 38.0 Å². The van der Waals surface area contributed by atoms with Crippen molar-refractivity contribution in [2.24, 2.45) is 5.41 Å². The fraction of sp³-hybridized carbons (Fsp3) is 1.00. The predicted molar refractivity (Wildman–Crippen MR) is 43.3 cm³/mol. The highest BCUT2D eigenvalue weighted by atomic mass is 35.5. The van der Waals surface area contributed by atoms with Crippen LogP contribution in [-0.2, 0) is 0 Å². The summed E-state index contributed by atoms with van der Waals surface area (Å²) in [6.07, 6.45) is 4.30. The largest absolute Gasteiger partial charge is 0.396 e. The van der Waals surface area contributed by atoms with Gasteiger partial charge in [-0.15, -0.1) is 11.6 Å². The van der Waals surface area contributed by atoms with Crippen molar-refractivity contribution in [1.29, 1.82) is 0 Å². The number of rotatable bonds is 1. The van der Waals surface area contributed by atoms with Crippen LogP contribution in [0.1, 0.15) is 32.6 Å². The third kappa shape index (κ3) is 1.86. The van der Waals surface area contributed by atoms with Gasteiger partial charge in [0, 0.05) is 12.0 Å². The molecule has 1 nitrogen and oxygen atoms in total. The molecule has 0 spiro atoms. The van der Waals surface area contributed by atoms with Gasteiger partial charge >= 0.3 is 0 Å². The van der Waals surface area contributed by atoms with E-state index in [4.69, 9.17) is 16.7 Å². The fourth-order valence-corrected chi connectivity index (χ4v) is 1.66. The zero-order valence-corrected chi connectivity index (χ0v) is 7.19. The van der Waals surface area contributed by atoms with E-state index >= 15 is 0 Å². The molecular weight excluding hydrogens is 148 g/mol. The first-order valence-electron chi connectivity index (χ1n) is 3.91. The van der Waals surface area contributed by atoms with Crippen molar-refractivity contribution >= 4 is 11.6 Å². The van der Waals surface area contributed by atoms with Crippen LogP contribution < -0.4 is 0 Å². The number of aliphatic hydroxyl groups is 1. The molecule has 1 rings (SSSR count). The summed E-state index contributed by atoms with van der Waals surface area (Å²) in [4.78, 5) is 0. The number of hydrogen-bond acceptors (Lipinski definition) is 1. The minimum atomic E-state index is 0.172. The highest BCUT2D eigenvalue weighted by molar-refractivity contribution is 6.20. The molecule has 0 heterocycles. The van der Waals surface area contributed by atoms with Crippen molar-refractivity contribution in [3.8, 4) is 0 Å². The van der Waals surface area contributed by atoms with Crippen LogP contribution in [0.2, 0.25) is 0 Å². The quantitative estimate of drug-likeness (QED) is 0.586. The maximum atomic E-state index is 8.99. The molecule has 0 aromatic rings. The van der Waals surface area contributed by atoms with Gasteiger partial charge in [0.15, 0.2) is 0 Å². The fourth-order valence-electron chi connectivity index (χ4n) is 1.44. The number of halogens is 1. The molecule has 1 fully saturated rings. The molecule has 1 saturated carbocycles. The molecule has 0 aromatic heterocycles. The normalized spacial score (nSPS) is 41.7. The molecule has 0 unspecified atom stereocenters. The summed E-state index contributed by atoms with van der Waals surface area (Å²) < 4.78 is 0. The minimum Gasteiger partial charge on any atom is -0.396 e. The third-order valence-corrected chi connectivity index (χ3v) is 2.94. The van der Waals surface area contributed by atoms with Crippen molar-refractivity contribution < 1.29 is 5.11 Å². The van der Waals surface area contributed by atoms with Crippen molar-refractivity contribution in [1.82, 2.24) is 0 Å². The lowest BCUT2D eigenvalue weighted by atomic mass is 9.76. The maximum absolute atomic E-state index is 8.99. The van der Waals surface area contributed by atoms with E-state index in [0.717, 1.165) is 25.7 Å². The second-order valence-electron chi connectivity index (χ2n) is 3.64. The molecule has 10 heavy (non-hydrogen) atoms. The Morgan fingerprint density at radius 3 is 2.40 bits per heavy atom. The van der Waals surface area contributed by atoms with Crippen LogP contribution in [0.4, 0.5) is 0 Å². The van der Waals surface area contributed by atoms with Gasteiger partial charge in [-0.05, 0) is 31.1 Å². The first kappa shape index (κ1) is 8.35. The molecule has 0 aromatic carbocycles. The van der Waals surface area contributed by atoms with Gasteiger partial charge in [-0.2, -0.15) is 0 Å². The van der Waals surface area contributed by atoms with Crippen LogP contribution in [0.15, 0.2) is 0 Å². The lowest BCUT2D eigenvalue weighted by Gasteiger charge is -2.33. The standard InChI is InChI=1S/C8H15ClO/c1-8(6-10)4-2-7(9)3-5-8/h7,10H,2-6H2,1H3. The Morgan fingerprint density at radius 1 is 1.50 bits per heavy atom. The summed E-state index contributed by atoms with van der Waals surface area (Å²) in [6, 6.07) is 0.